The van der Waals surface area contributed by atoms with Crippen molar-refractivity contribution in [2.24, 2.45) is 0 Å². The molecule has 1 aliphatic heterocycles. The van der Waals surface area contributed by atoms with E-state index in [4.69, 9.17) is 4.74 Å². The quantitative estimate of drug-likeness (QED) is 0.879. The van der Waals surface area contributed by atoms with Crippen LogP contribution in [0.1, 0.15) is 30.3 Å². The first-order valence-corrected chi connectivity index (χ1v) is 6.79. The molecule has 1 unspecified atom stereocenters. The second-order valence-corrected chi connectivity index (χ2v) is 4.66. The minimum atomic E-state index is -0.0272. The zero-order valence-electron chi connectivity index (χ0n) is 11.6. The molecule has 1 amide bonds. The van der Waals surface area contributed by atoms with Gasteiger partial charge in [0.2, 0.25) is 0 Å². The van der Waals surface area contributed by atoms with Crippen molar-refractivity contribution >= 4 is 11.6 Å². The SMILES string of the molecule is CCN(CC1CCCO1)C(=O)c1ccc(NC)cn1. The van der Waals surface area contributed by atoms with Crippen LogP contribution in [-0.4, -0.2) is 48.6 Å². The van der Waals surface area contributed by atoms with E-state index in [1.807, 2.05) is 20.0 Å². The van der Waals surface area contributed by atoms with Gasteiger partial charge in [0.25, 0.3) is 5.91 Å². The second-order valence-electron chi connectivity index (χ2n) is 4.66. The highest BCUT2D eigenvalue weighted by Gasteiger charge is 2.22. The van der Waals surface area contributed by atoms with Crippen LogP contribution in [0.15, 0.2) is 18.3 Å². The maximum absolute atomic E-state index is 12.4. The Labute approximate surface area is 114 Å². The van der Waals surface area contributed by atoms with Crippen LogP contribution in [0.25, 0.3) is 0 Å². The summed E-state index contributed by atoms with van der Waals surface area (Å²) < 4.78 is 5.58. The summed E-state index contributed by atoms with van der Waals surface area (Å²) in [6.07, 6.45) is 3.98. The third-order valence-corrected chi connectivity index (χ3v) is 3.39. The van der Waals surface area contributed by atoms with Crippen molar-refractivity contribution in [3.05, 3.63) is 24.0 Å². The number of carbonyl (C=O) groups is 1. The number of aromatic nitrogens is 1. The largest absolute Gasteiger partial charge is 0.387 e. The molecule has 5 nitrogen and oxygen atoms in total. The molecule has 0 bridgehead atoms. The Kier molecular flexibility index (Phi) is 4.74. The van der Waals surface area contributed by atoms with Crippen LogP contribution in [0, 0.1) is 0 Å². The Morgan fingerprint density at radius 2 is 2.42 bits per heavy atom. The molecule has 1 fully saturated rings. The van der Waals surface area contributed by atoms with Crippen molar-refractivity contribution < 1.29 is 9.53 Å². The molecule has 19 heavy (non-hydrogen) atoms. The summed E-state index contributed by atoms with van der Waals surface area (Å²) in [5.74, 6) is -0.0272. The molecule has 2 rings (SSSR count). The maximum atomic E-state index is 12.4. The molecule has 1 N–H and O–H groups in total. The van der Waals surface area contributed by atoms with Crippen LogP contribution in [0.3, 0.4) is 0 Å². The van der Waals surface area contributed by atoms with Crippen LogP contribution in [-0.2, 0) is 4.74 Å². The summed E-state index contributed by atoms with van der Waals surface area (Å²) in [4.78, 5) is 18.4. The number of hydrogen-bond acceptors (Lipinski definition) is 4. The number of amides is 1. The zero-order chi connectivity index (χ0) is 13.7. The predicted molar refractivity (Wildman–Crippen MR) is 74.3 cm³/mol. The van der Waals surface area contributed by atoms with Gasteiger partial charge in [-0.3, -0.25) is 4.79 Å². The smallest absolute Gasteiger partial charge is 0.272 e. The summed E-state index contributed by atoms with van der Waals surface area (Å²) in [6, 6.07) is 3.62. The average Bonchev–Trinajstić information content (AvgIpc) is 2.97. The van der Waals surface area contributed by atoms with E-state index in [-0.39, 0.29) is 12.0 Å². The molecule has 1 atom stereocenters. The van der Waals surface area contributed by atoms with E-state index >= 15 is 0 Å². The van der Waals surface area contributed by atoms with Crippen LogP contribution in [0.5, 0.6) is 0 Å². The Balaban J connectivity index is 2.01. The van der Waals surface area contributed by atoms with E-state index in [2.05, 4.69) is 10.3 Å². The Bertz CT molecular complexity index is 413. The fourth-order valence-electron chi connectivity index (χ4n) is 2.22. The molecule has 1 aliphatic rings. The molecule has 2 heterocycles. The highest BCUT2D eigenvalue weighted by Crippen LogP contribution is 2.15. The van der Waals surface area contributed by atoms with Crippen LogP contribution < -0.4 is 5.32 Å². The summed E-state index contributed by atoms with van der Waals surface area (Å²) in [6.45, 7) is 4.12. The van der Waals surface area contributed by atoms with Gasteiger partial charge in [-0.05, 0) is 31.9 Å². The highest BCUT2D eigenvalue weighted by molar-refractivity contribution is 5.92. The van der Waals surface area contributed by atoms with Crippen LogP contribution in [0.4, 0.5) is 5.69 Å². The number of nitrogens with one attached hydrogen (secondary N) is 1. The number of carbonyl (C=O) groups excluding carboxylic acids is 1. The van der Waals surface area contributed by atoms with Crippen molar-refractivity contribution in [2.45, 2.75) is 25.9 Å². The molecular formula is C14H21N3O2. The van der Waals surface area contributed by atoms with Gasteiger partial charge in [0.05, 0.1) is 18.0 Å². The summed E-state index contributed by atoms with van der Waals surface area (Å²) in [7, 11) is 1.83. The summed E-state index contributed by atoms with van der Waals surface area (Å²) >= 11 is 0. The molecule has 1 saturated heterocycles. The van der Waals surface area contributed by atoms with Crippen molar-refractivity contribution in [3.8, 4) is 0 Å². The number of likely N-dealkylation sites (N-methyl/N-ethyl adjacent to an activating group) is 1. The third-order valence-electron chi connectivity index (χ3n) is 3.39. The van der Waals surface area contributed by atoms with Gasteiger partial charge in [-0.2, -0.15) is 0 Å². The molecular weight excluding hydrogens is 242 g/mol. The molecule has 1 aromatic rings. The molecule has 0 saturated carbocycles. The lowest BCUT2D eigenvalue weighted by atomic mass is 10.2. The lowest BCUT2D eigenvalue weighted by Crippen LogP contribution is -2.37. The highest BCUT2D eigenvalue weighted by atomic mass is 16.5. The van der Waals surface area contributed by atoms with Gasteiger partial charge in [0, 0.05) is 26.7 Å². The van der Waals surface area contributed by atoms with Gasteiger partial charge < -0.3 is 15.0 Å². The number of hydrogen-bond donors (Lipinski definition) is 1. The first-order valence-electron chi connectivity index (χ1n) is 6.79. The molecule has 0 radical (unpaired) electrons. The third kappa shape index (κ3) is 3.44. The van der Waals surface area contributed by atoms with Gasteiger partial charge in [-0.25, -0.2) is 4.98 Å². The standard InChI is InChI=1S/C14H21N3O2/c1-3-17(10-12-5-4-8-19-12)14(18)13-7-6-11(15-2)9-16-13/h6-7,9,12,15H,3-5,8,10H2,1-2H3. The summed E-state index contributed by atoms with van der Waals surface area (Å²) in [5.41, 5.74) is 1.39. The molecule has 0 spiro atoms. The first-order chi connectivity index (χ1) is 9.24. The Morgan fingerprint density at radius 1 is 1.58 bits per heavy atom. The Hall–Kier alpha value is -1.62. The monoisotopic (exact) mass is 263 g/mol. The molecule has 0 aromatic carbocycles. The van der Waals surface area contributed by atoms with E-state index in [9.17, 15) is 4.79 Å². The molecule has 0 aliphatic carbocycles. The Morgan fingerprint density at radius 3 is 2.95 bits per heavy atom. The second kappa shape index (κ2) is 6.52. The maximum Gasteiger partial charge on any atom is 0.272 e. The molecule has 1 aromatic heterocycles. The average molecular weight is 263 g/mol. The van der Waals surface area contributed by atoms with E-state index in [1.54, 1.807) is 17.2 Å². The predicted octanol–water partition coefficient (Wildman–Crippen LogP) is 1.76. The van der Waals surface area contributed by atoms with Gasteiger partial charge in [0.15, 0.2) is 0 Å². The van der Waals surface area contributed by atoms with Gasteiger partial charge in [-0.15, -0.1) is 0 Å². The minimum Gasteiger partial charge on any atom is -0.387 e. The van der Waals surface area contributed by atoms with E-state index in [0.717, 1.165) is 25.1 Å². The topological polar surface area (TPSA) is 54.5 Å². The molecule has 5 heteroatoms. The zero-order valence-corrected chi connectivity index (χ0v) is 11.6. The first kappa shape index (κ1) is 13.8. The number of nitrogens with zero attached hydrogens (tertiary/aromatic N) is 2. The van der Waals surface area contributed by atoms with Crippen molar-refractivity contribution in [1.29, 1.82) is 0 Å². The van der Waals surface area contributed by atoms with Crippen molar-refractivity contribution in [1.82, 2.24) is 9.88 Å². The number of pyridine rings is 1. The van der Waals surface area contributed by atoms with Gasteiger partial charge in [-0.1, -0.05) is 0 Å². The number of ether oxygens (including phenoxy) is 1. The van der Waals surface area contributed by atoms with E-state index < -0.39 is 0 Å². The normalized spacial score (nSPS) is 18.3. The number of anilines is 1. The fourth-order valence-corrected chi connectivity index (χ4v) is 2.22. The lowest BCUT2D eigenvalue weighted by Gasteiger charge is -2.23. The number of rotatable bonds is 5. The van der Waals surface area contributed by atoms with Crippen molar-refractivity contribution in [3.63, 3.8) is 0 Å². The van der Waals surface area contributed by atoms with Gasteiger partial charge >= 0.3 is 0 Å². The van der Waals surface area contributed by atoms with Crippen LogP contribution >= 0.6 is 0 Å². The summed E-state index contributed by atoms with van der Waals surface area (Å²) in [5, 5.41) is 2.99. The minimum absolute atomic E-state index is 0.0272. The fraction of sp³-hybridized carbons (Fsp3) is 0.571. The molecule has 104 valence electrons. The van der Waals surface area contributed by atoms with E-state index in [1.165, 1.54) is 0 Å². The van der Waals surface area contributed by atoms with Crippen LogP contribution in [0.2, 0.25) is 0 Å². The van der Waals surface area contributed by atoms with Crippen molar-refractivity contribution in [2.75, 3.05) is 32.1 Å². The van der Waals surface area contributed by atoms with Gasteiger partial charge in [0.1, 0.15) is 5.69 Å². The lowest BCUT2D eigenvalue weighted by molar-refractivity contribution is 0.0535. The van der Waals surface area contributed by atoms with E-state index in [0.29, 0.717) is 18.8 Å².